The molecule has 1 aliphatic carbocycles. The van der Waals surface area contributed by atoms with Gasteiger partial charge in [0.25, 0.3) is 5.91 Å². The lowest BCUT2D eigenvalue weighted by Gasteiger charge is -2.36. The van der Waals surface area contributed by atoms with Crippen molar-refractivity contribution in [2.45, 2.75) is 44.7 Å². The average molecular weight is 374 g/mol. The molecule has 1 spiro atoms. The number of quaternary nitrogens is 1. The highest BCUT2D eigenvalue weighted by Gasteiger charge is 2.55. The molecule has 1 unspecified atom stereocenters. The van der Waals surface area contributed by atoms with Crippen molar-refractivity contribution in [2.75, 3.05) is 13.7 Å². The van der Waals surface area contributed by atoms with E-state index in [2.05, 4.69) is 23.3 Å². The van der Waals surface area contributed by atoms with E-state index in [1.54, 1.807) is 11.3 Å². The number of fused-ring (bicyclic) bond motifs is 1. The van der Waals surface area contributed by atoms with Gasteiger partial charge >= 0.3 is 6.03 Å². The molecule has 4 rings (SSSR count). The number of hydrogen-bond acceptors (Lipinski definition) is 4. The van der Waals surface area contributed by atoms with Crippen LogP contribution in [0, 0.1) is 5.92 Å². The Balaban J connectivity index is 1.46. The van der Waals surface area contributed by atoms with E-state index in [-0.39, 0.29) is 17.9 Å². The van der Waals surface area contributed by atoms with Gasteiger partial charge in [-0.25, -0.2) is 14.7 Å². The van der Waals surface area contributed by atoms with Gasteiger partial charge in [-0.15, -0.1) is 11.3 Å². The summed E-state index contributed by atoms with van der Waals surface area (Å²) in [6.45, 7) is 3.15. The van der Waals surface area contributed by atoms with Crippen LogP contribution in [0.1, 0.15) is 37.6 Å². The zero-order valence-corrected chi connectivity index (χ0v) is 16.1. The number of imide groups is 1. The SMILES string of the molecule is C[C@H]1CCCC[C@]12NC(=O)N(C[NH+](C)Cc1nc3ccccc3s1)C2=O. The van der Waals surface area contributed by atoms with E-state index in [0.717, 1.165) is 41.1 Å². The molecule has 1 aromatic heterocycles. The summed E-state index contributed by atoms with van der Waals surface area (Å²) in [5.41, 5.74) is 0.330. The second kappa shape index (κ2) is 6.63. The molecule has 0 radical (unpaired) electrons. The van der Waals surface area contributed by atoms with Crippen molar-refractivity contribution in [3.63, 3.8) is 0 Å². The van der Waals surface area contributed by atoms with Crippen molar-refractivity contribution in [3.05, 3.63) is 29.3 Å². The molecule has 2 heterocycles. The first-order valence-corrected chi connectivity index (χ1v) is 10.1. The van der Waals surface area contributed by atoms with Gasteiger partial charge in [-0.2, -0.15) is 0 Å². The first kappa shape index (κ1) is 17.4. The Kier molecular flexibility index (Phi) is 4.44. The normalized spacial score (nSPS) is 27.3. The van der Waals surface area contributed by atoms with E-state index < -0.39 is 5.54 Å². The topological polar surface area (TPSA) is 66.7 Å². The second-order valence-electron chi connectivity index (χ2n) is 7.65. The molecule has 2 N–H and O–H groups in total. The van der Waals surface area contributed by atoms with E-state index in [1.165, 1.54) is 9.60 Å². The third-order valence-corrected chi connectivity index (χ3v) is 6.76. The number of aromatic nitrogens is 1. The smallest absolute Gasteiger partial charge is 0.323 e. The Bertz CT molecular complexity index is 818. The minimum atomic E-state index is -0.675. The molecule has 1 saturated carbocycles. The summed E-state index contributed by atoms with van der Waals surface area (Å²) in [6.07, 6.45) is 3.88. The molecule has 1 aromatic carbocycles. The third kappa shape index (κ3) is 2.89. The first-order valence-electron chi connectivity index (χ1n) is 9.29. The van der Waals surface area contributed by atoms with Gasteiger partial charge in [-0.3, -0.25) is 4.79 Å². The maximum atomic E-state index is 13.0. The van der Waals surface area contributed by atoms with Gasteiger partial charge in [0.15, 0.2) is 6.67 Å². The summed E-state index contributed by atoms with van der Waals surface area (Å²) in [5, 5.41) is 4.05. The van der Waals surface area contributed by atoms with Crippen LogP contribution < -0.4 is 10.2 Å². The zero-order chi connectivity index (χ0) is 18.3. The number of para-hydroxylation sites is 1. The van der Waals surface area contributed by atoms with Crippen molar-refractivity contribution in [2.24, 2.45) is 5.92 Å². The van der Waals surface area contributed by atoms with Gasteiger partial charge in [-0.1, -0.05) is 31.9 Å². The number of rotatable bonds is 4. The van der Waals surface area contributed by atoms with Crippen LogP contribution in [0.15, 0.2) is 24.3 Å². The van der Waals surface area contributed by atoms with E-state index in [9.17, 15) is 9.59 Å². The summed E-state index contributed by atoms with van der Waals surface area (Å²) >= 11 is 1.67. The summed E-state index contributed by atoms with van der Waals surface area (Å²) < 4.78 is 1.17. The summed E-state index contributed by atoms with van der Waals surface area (Å²) in [7, 11) is 2.00. The Morgan fingerprint density at radius 1 is 1.35 bits per heavy atom. The highest BCUT2D eigenvalue weighted by molar-refractivity contribution is 7.18. The number of nitrogens with zero attached hydrogens (tertiary/aromatic N) is 2. The molecule has 26 heavy (non-hydrogen) atoms. The molecule has 2 aromatic rings. The Labute approximate surface area is 157 Å². The maximum absolute atomic E-state index is 13.0. The number of carbonyl (C=O) groups excluding carboxylic acids is 2. The Morgan fingerprint density at radius 3 is 2.92 bits per heavy atom. The number of benzene rings is 1. The van der Waals surface area contributed by atoms with Crippen molar-refractivity contribution in [3.8, 4) is 0 Å². The van der Waals surface area contributed by atoms with Gasteiger partial charge in [-0.05, 0) is 30.9 Å². The number of thiazole rings is 1. The van der Waals surface area contributed by atoms with Crippen LogP contribution in [0.5, 0.6) is 0 Å². The number of carbonyl (C=O) groups is 2. The monoisotopic (exact) mass is 373 g/mol. The maximum Gasteiger partial charge on any atom is 0.329 e. The fraction of sp³-hybridized carbons (Fsp3) is 0.526. The van der Waals surface area contributed by atoms with Crippen LogP contribution >= 0.6 is 11.3 Å². The molecule has 2 fully saturated rings. The molecule has 2 aliphatic rings. The van der Waals surface area contributed by atoms with Gasteiger partial charge in [0.1, 0.15) is 17.1 Å². The highest BCUT2D eigenvalue weighted by atomic mass is 32.1. The lowest BCUT2D eigenvalue weighted by molar-refractivity contribution is -0.901. The predicted molar refractivity (Wildman–Crippen MR) is 101 cm³/mol. The van der Waals surface area contributed by atoms with Crippen LogP contribution in [0.4, 0.5) is 4.79 Å². The van der Waals surface area contributed by atoms with Crippen molar-refractivity contribution in [1.29, 1.82) is 0 Å². The minimum absolute atomic E-state index is 0.0432. The van der Waals surface area contributed by atoms with E-state index in [0.29, 0.717) is 13.2 Å². The summed E-state index contributed by atoms with van der Waals surface area (Å²) in [5.74, 6) is 0.153. The Morgan fingerprint density at radius 2 is 2.15 bits per heavy atom. The molecule has 138 valence electrons. The molecule has 6 nitrogen and oxygen atoms in total. The molecule has 3 atom stereocenters. The molecule has 3 amide bonds. The van der Waals surface area contributed by atoms with Gasteiger partial charge in [0.05, 0.1) is 17.3 Å². The molecule has 1 aliphatic heterocycles. The first-order chi connectivity index (χ1) is 12.5. The van der Waals surface area contributed by atoms with E-state index in [4.69, 9.17) is 0 Å². The average Bonchev–Trinajstić information content (AvgIpc) is 3.12. The molecule has 7 heteroatoms. The lowest BCUT2D eigenvalue weighted by Crippen LogP contribution is -3.09. The summed E-state index contributed by atoms with van der Waals surface area (Å²) in [4.78, 5) is 32.7. The molecule has 0 bridgehead atoms. The predicted octanol–water partition coefficient (Wildman–Crippen LogP) is 1.77. The number of hydrogen-bond donors (Lipinski definition) is 2. The lowest BCUT2D eigenvalue weighted by atomic mass is 9.73. The third-order valence-electron chi connectivity index (χ3n) is 5.72. The largest absolute Gasteiger partial charge is 0.329 e. The number of urea groups is 1. The van der Waals surface area contributed by atoms with Gasteiger partial charge < -0.3 is 10.2 Å². The minimum Gasteiger partial charge on any atom is -0.323 e. The van der Waals surface area contributed by atoms with Gasteiger partial charge in [0.2, 0.25) is 0 Å². The summed E-state index contributed by atoms with van der Waals surface area (Å²) in [6, 6.07) is 7.83. The van der Waals surface area contributed by atoms with Crippen LogP contribution in [0.3, 0.4) is 0 Å². The van der Waals surface area contributed by atoms with Crippen molar-refractivity contribution >= 4 is 33.5 Å². The molecular formula is C19H25N4O2S+. The molecule has 1 saturated heterocycles. The highest BCUT2D eigenvalue weighted by Crippen LogP contribution is 2.37. The fourth-order valence-corrected chi connectivity index (χ4v) is 5.30. The molecular weight excluding hydrogens is 348 g/mol. The second-order valence-corrected chi connectivity index (χ2v) is 8.76. The zero-order valence-electron chi connectivity index (χ0n) is 15.2. The van der Waals surface area contributed by atoms with Crippen LogP contribution in [0.25, 0.3) is 10.2 Å². The quantitative estimate of drug-likeness (QED) is 0.803. The fourth-order valence-electron chi connectivity index (χ4n) is 4.22. The number of nitrogens with one attached hydrogen (secondary N) is 2. The number of amides is 3. The van der Waals surface area contributed by atoms with Crippen LogP contribution in [-0.2, 0) is 11.3 Å². The van der Waals surface area contributed by atoms with Crippen molar-refractivity contribution in [1.82, 2.24) is 15.2 Å². The van der Waals surface area contributed by atoms with Crippen molar-refractivity contribution < 1.29 is 14.5 Å². The van der Waals surface area contributed by atoms with Crippen LogP contribution in [-0.4, -0.2) is 41.1 Å². The van der Waals surface area contributed by atoms with E-state index in [1.807, 2.05) is 25.2 Å². The van der Waals surface area contributed by atoms with E-state index >= 15 is 0 Å². The standard InChI is InChI=1S/C19H24N4O2S/c1-13-7-5-6-10-19(13)17(24)23(18(25)21-19)12-22(2)11-16-20-14-8-3-4-9-15(14)26-16/h3-4,8-9,13H,5-7,10-12H2,1-2H3,(H,21,25)/p+1/t13-,19-/m0/s1. The Hall–Kier alpha value is -1.99. The van der Waals surface area contributed by atoms with Gasteiger partial charge in [0, 0.05) is 0 Å². The van der Waals surface area contributed by atoms with Crippen LogP contribution in [0.2, 0.25) is 0 Å².